The van der Waals surface area contributed by atoms with Crippen molar-refractivity contribution in [1.82, 2.24) is 10.1 Å². The van der Waals surface area contributed by atoms with Gasteiger partial charge in [-0.2, -0.15) is 8.78 Å². The van der Waals surface area contributed by atoms with Gasteiger partial charge < -0.3 is 14.2 Å². The van der Waals surface area contributed by atoms with E-state index in [0.29, 0.717) is 38.2 Å². The fraction of sp³-hybridized carbons (Fsp3) is 0.474. The Bertz CT molecular complexity index is 817. The number of ether oxygens (including phenoxy) is 1. The van der Waals surface area contributed by atoms with Crippen LogP contribution in [0.5, 0.6) is 0 Å². The molecule has 1 spiro atoms. The Hall–Kier alpha value is -2.32. The largest absolute Gasteiger partial charge is 0.437 e. The molecule has 144 valence electrons. The van der Waals surface area contributed by atoms with E-state index in [1.54, 1.807) is 30.3 Å². The number of hydrogen-bond acceptors (Lipinski definition) is 5. The van der Waals surface area contributed by atoms with Gasteiger partial charge in [0, 0.05) is 31.4 Å². The zero-order chi connectivity index (χ0) is 19.1. The van der Waals surface area contributed by atoms with Crippen LogP contribution < -0.4 is 4.90 Å². The van der Waals surface area contributed by atoms with Crippen LogP contribution in [-0.4, -0.2) is 47.3 Å². The monoisotopic (exact) mass is 377 g/mol. The molecule has 3 heterocycles. The van der Waals surface area contributed by atoms with Crippen LogP contribution in [0.4, 0.5) is 14.5 Å². The molecule has 27 heavy (non-hydrogen) atoms. The topological polar surface area (TPSA) is 58.8 Å². The Labute approximate surface area is 155 Å². The Morgan fingerprint density at radius 2 is 1.89 bits per heavy atom. The van der Waals surface area contributed by atoms with Gasteiger partial charge in [0.2, 0.25) is 0 Å². The number of halogens is 2. The van der Waals surface area contributed by atoms with E-state index in [0.717, 1.165) is 16.4 Å². The molecule has 2 aromatic rings. The van der Waals surface area contributed by atoms with Gasteiger partial charge in [0.05, 0.1) is 17.8 Å². The number of amides is 1. The molecule has 0 radical (unpaired) electrons. The number of carbonyl (C=O) groups is 1. The molecule has 0 atom stereocenters. The van der Waals surface area contributed by atoms with Gasteiger partial charge in [-0.25, -0.2) is 0 Å². The molecule has 1 aromatic carbocycles. The van der Waals surface area contributed by atoms with E-state index < -0.39 is 17.6 Å². The van der Waals surface area contributed by atoms with E-state index in [1.807, 2.05) is 13.0 Å². The minimum absolute atomic E-state index is 0.127. The third-order valence-corrected chi connectivity index (χ3v) is 5.18. The standard InChI is InChI=1S/C19H21F2N3O3/c1-14-11-15(22-26-14)12-23-9-7-18(8-10-23)13-24(16-5-3-2-4-6-16)17(25)19(20,21)27-18/h2-6,11H,7-10,12-13H2,1H3. The fourth-order valence-corrected chi connectivity index (χ4v) is 3.78. The molecule has 2 aliphatic heterocycles. The number of aryl methyl sites for hydroxylation is 1. The number of anilines is 1. The maximum atomic E-state index is 14.4. The normalized spacial score (nSPS) is 22.3. The molecule has 2 aliphatic rings. The van der Waals surface area contributed by atoms with Crippen molar-refractivity contribution in [2.45, 2.75) is 38.0 Å². The summed E-state index contributed by atoms with van der Waals surface area (Å²) < 4.78 is 38.9. The number of likely N-dealkylation sites (tertiary alicyclic amines) is 1. The lowest BCUT2D eigenvalue weighted by atomic mass is 9.88. The van der Waals surface area contributed by atoms with Crippen molar-refractivity contribution in [3.05, 3.63) is 47.9 Å². The second-order valence-electron chi connectivity index (χ2n) is 7.23. The summed E-state index contributed by atoms with van der Waals surface area (Å²) >= 11 is 0. The predicted molar refractivity (Wildman–Crippen MR) is 93.3 cm³/mol. The average Bonchev–Trinajstić information content (AvgIpc) is 3.06. The van der Waals surface area contributed by atoms with Gasteiger partial charge in [-0.3, -0.25) is 9.69 Å². The van der Waals surface area contributed by atoms with Gasteiger partial charge in [0.1, 0.15) is 5.76 Å². The number of para-hydroxylation sites is 1. The number of morpholine rings is 1. The molecular formula is C19H21F2N3O3. The van der Waals surface area contributed by atoms with Gasteiger partial charge >= 0.3 is 12.0 Å². The first kappa shape index (κ1) is 18.1. The van der Waals surface area contributed by atoms with Crippen LogP contribution in [0.25, 0.3) is 0 Å². The molecule has 0 bridgehead atoms. The maximum absolute atomic E-state index is 14.4. The van der Waals surface area contributed by atoms with E-state index in [9.17, 15) is 13.6 Å². The van der Waals surface area contributed by atoms with E-state index in [4.69, 9.17) is 9.26 Å². The summed E-state index contributed by atoms with van der Waals surface area (Å²) in [7, 11) is 0. The zero-order valence-corrected chi connectivity index (χ0v) is 15.0. The van der Waals surface area contributed by atoms with Crippen LogP contribution in [-0.2, 0) is 16.1 Å². The quantitative estimate of drug-likeness (QED) is 0.823. The summed E-state index contributed by atoms with van der Waals surface area (Å²) in [6, 6.07) is 10.4. The van der Waals surface area contributed by atoms with Crippen LogP contribution in [0.1, 0.15) is 24.3 Å². The second-order valence-corrected chi connectivity index (χ2v) is 7.23. The van der Waals surface area contributed by atoms with Crippen LogP contribution in [0.3, 0.4) is 0 Å². The Kier molecular flexibility index (Phi) is 4.47. The Morgan fingerprint density at radius 1 is 1.19 bits per heavy atom. The van der Waals surface area contributed by atoms with E-state index >= 15 is 0 Å². The molecule has 1 amide bonds. The van der Waals surface area contributed by atoms with Gasteiger partial charge in [-0.15, -0.1) is 0 Å². The van der Waals surface area contributed by atoms with E-state index in [2.05, 4.69) is 10.1 Å². The van der Waals surface area contributed by atoms with Gasteiger partial charge in [-0.1, -0.05) is 23.4 Å². The number of hydrogen-bond donors (Lipinski definition) is 0. The number of aromatic nitrogens is 1. The number of rotatable bonds is 3. The highest BCUT2D eigenvalue weighted by molar-refractivity contribution is 5.98. The SMILES string of the molecule is Cc1cc(CN2CCC3(CC2)CN(c2ccccc2)C(=O)C(F)(F)O3)no1. The molecule has 2 saturated heterocycles. The maximum Gasteiger partial charge on any atom is 0.437 e. The minimum Gasteiger partial charge on any atom is -0.361 e. The van der Waals surface area contributed by atoms with Crippen LogP contribution in [0.15, 0.2) is 40.9 Å². The average molecular weight is 377 g/mol. The highest BCUT2D eigenvalue weighted by atomic mass is 19.3. The summed E-state index contributed by atoms with van der Waals surface area (Å²) in [5.41, 5.74) is 0.230. The Morgan fingerprint density at radius 3 is 2.52 bits per heavy atom. The number of nitrogens with zero attached hydrogens (tertiary/aromatic N) is 3. The number of carbonyl (C=O) groups excluding carboxylic acids is 1. The first-order chi connectivity index (χ1) is 12.9. The lowest BCUT2D eigenvalue weighted by Gasteiger charge is -2.48. The van der Waals surface area contributed by atoms with Crippen molar-refractivity contribution >= 4 is 11.6 Å². The molecule has 4 rings (SSSR count). The third kappa shape index (κ3) is 3.59. The third-order valence-electron chi connectivity index (χ3n) is 5.18. The van der Waals surface area contributed by atoms with Crippen LogP contribution in [0, 0.1) is 6.92 Å². The highest BCUT2D eigenvalue weighted by Gasteiger charge is 2.57. The molecule has 6 nitrogen and oxygen atoms in total. The number of piperidine rings is 1. The van der Waals surface area contributed by atoms with Gasteiger partial charge in [0.25, 0.3) is 0 Å². The van der Waals surface area contributed by atoms with Crippen LogP contribution >= 0.6 is 0 Å². The van der Waals surface area contributed by atoms with Crippen LogP contribution in [0.2, 0.25) is 0 Å². The highest BCUT2D eigenvalue weighted by Crippen LogP contribution is 2.40. The smallest absolute Gasteiger partial charge is 0.361 e. The molecular weight excluding hydrogens is 356 g/mol. The first-order valence-corrected chi connectivity index (χ1v) is 8.97. The van der Waals surface area contributed by atoms with E-state index in [-0.39, 0.29) is 6.54 Å². The fourth-order valence-electron chi connectivity index (χ4n) is 3.78. The summed E-state index contributed by atoms with van der Waals surface area (Å²) in [6.07, 6.45) is -2.99. The second kappa shape index (κ2) is 6.69. The number of benzene rings is 1. The van der Waals surface area contributed by atoms with Crippen molar-refractivity contribution in [3.63, 3.8) is 0 Å². The van der Waals surface area contributed by atoms with Gasteiger partial charge in [-0.05, 0) is 31.9 Å². The molecule has 0 unspecified atom stereocenters. The summed E-state index contributed by atoms with van der Waals surface area (Å²) in [5, 5.41) is 3.98. The number of alkyl halides is 2. The molecule has 1 aromatic heterocycles. The summed E-state index contributed by atoms with van der Waals surface area (Å²) in [6.45, 7) is 3.72. The van der Waals surface area contributed by atoms with Crippen molar-refractivity contribution < 1.29 is 22.8 Å². The predicted octanol–water partition coefficient (Wildman–Crippen LogP) is 2.97. The summed E-state index contributed by atoms with van der Waals surface area (Å²) in [5.74, 6) is -0.564. The van der Waals surface area contributed by atoms with Crippen molar-refractivity contribution in [2.75, 3.05) is 24.5 Å². The van der Waals surface area contributed by atoms with Crippen molar-refractivity contribution in [3.8, 4) is 0 Å². The summed E-state index contributed by atoms with van der Waals surface area (Å²) in [4.78, 5) is 15.5. The van der Waals surface area contributed by atoms with Gasteiger partial charge in [0.15, 0.2) is 0 Å². The van der Waals surface area contributed by atoms with Crippen molar-refractivity contribution in [2.24, 2.45) is 0 Å². The lowest BCUT2D eigenvalue weighted by molar-refractivity contribution is -0.293. The molecule has 2 fully saturated rings. The molecule has 0 N–H and O–H groups in total. The van der Waals surface area contributed by atoms with E-state index in [1.165, 1.54) is 0 Å². The molecule has 0 saturated carbocycles. The minimum atomic E-state index is -3.82. The lowest BCUT2D eigenvalue weighted by Crippen LogP contribution is -2.64. The first-order valence-electron chi connectivity index (χ1n) is 8.97. The zero-order valence-electron chi connectivity index (χ0n) is 15.0. The Balaban J connectivity index is 1.49. The molecule has 8 heteroatoms. The van der Waals surface area contributed by atoms with Crippen molar-refractivity contribution in [1.29, 1.82) is 0 Å². The molecule has 0 aliphatic carbocycles.